The first-order valence-electron chi connectivity index (χ1n) is 9.60. The van der Waals surface area contributed by atoms with E-state index in [0.29, 0.717) is 22.3 Å². The van der Waals surface area contributed by atoms with Gasteiger partial charge in [-0.1, -0.05) is 12.1 Å². The highest BCUT2D eigenvalue weighted by atomic mass is 19.4. The lowest BCUT2D eigenvalue weighted by atomic mass is 9.99. The second-order valence-corrected chi connectivity index (χ2v) is 7.86. The monoisotopic (exact) mass is 414 g/mol. The summed E-state index contributed by atoms with van der Waals surface area (Å²) < 4.78 is 83.7. The van der Waals surface area contributed by atoms with Crippen LogP contribution in [-0.2, 0) is 30.3 Å². The molecule has 0 unspecified atom stereocenters. The highest BCUT2D eigenvalue weighted by Gasteiger charge is 2.35. The molecule has 0 atom stereocenters. The highest BCUT2D eigenvalue weighted by molar-refractivity contribution is 5.39. The molecule has 4 rings (SSSR count). The van der Waals surface area contributed by atoms with Crippen LogP contribution in [0.15, 0.2) is 36.4 Å². The maximum atomic E-state index is 13.0. The van der Waals surface area contributed by atoms with Crippen LogP contribution in [0.1, 0.15) is 70.9 Å². The van der Waals surface area contributed by atoms with Crippen LogP contribution in [0.5, 0.6) is 0 Å². The lowest BCUT2D eigenvalue weighted by Gasteiger charge is -2.16. The van der Waals surface area contributed by atoms with E-state index >= 15 is 0 Å². The Morgan fingerprint density at radius 1 is 0.655 bits per heavy atom. The van der Waals surface area contributed by atoms with Crippen molar-refractivity contribution in [2.24, 2.45) is 0 Å². The van der Waals surface area contributed by atoms with Gasteiger partial charge in [-0.15, -0.1) is 0 Å². The molecule has 0 N–H and O–H groups in total. The third kappa shape index (κ3) is 4.77. The Morgan fingerprint density at radius 3 is 1.34 bits per heavy atom. The van der Waals surface area contributed by atoms with Gasteiger partial charge in [0.05, 0.1) is 24.3 Å². The van der Waals surface area contributed by atoms with Crippen LogP contribution in [0.4, 0.5) is 26.3 Å². The summed E-state index contributed by atoms with van der Waals surface area (Å²) in [5, 5.41) is 0. The summed E-state index contributed by atoms with van der Waals surface area (Å²) in [6.07, 6.45) is -5.33. The zero-order valence-corrected chi connectivity index (χ0v) is 15.5. The van der Waals surface area contributed by atoms with Crippen LogP contribution in [0.2, 0.25) is 0 Å². The number of rotatable bonds is 6. The van der Waals surface area contributed by atoms with Gasteiger partial charge in [0.1, 0.15) is 0 Å². The smallest absolute Gasteiger partial charge is 0.372 e. The first-order valence-corrected chi connectivity index (χ1v) is 9.60. The summed E-state index contributed by atoms with van der Waals surface area (Å²) in [7, 11) is 0. The molecule has 7 heteroatoms. The third-order valence-electron chi connectivity index (χ3n) is 5.50. The van der Waals surface area contributed by atoms with Crippen LogP contribution in [0, 0.1) is 0 Å². The first-order chi connectivity index (χ1) is 13.6. The van der Waals surface area contributed by atoms with Gasteiger partial charge in [0.15, 0.2) is 0 Å². The predicted octanol–water partition coefficient (Wildman–Crippen LogP) is 7.20. The van der Waals surface area contributed by atoms with E-state index in [-0.39, 0.29) is 25.0 Å². The summed E-state index contributed by atoms with van der Waals surface area (Å²) in [6, 6.07) is 7.40. The molecule has 0 spiro atoms. The largest absolute Gasteiger partial charge is 0.416 e. The quantitative estimate of drug-likeness (QED) is 0.455. The van der Waals surface area contributed by atoms with Gasteiger partial charge in [0.2, 0.25) is 0 Å². The number of halogens is 6. The summed E-state index contributed by atoms with van der Waals surface area (Å²) in [5.74, 6) is 0.257. The van der Waals surface area contributed by atoms with Gasteiger partial charge in [-0.2, -0.15) is 26.3 Å². The van der Waals surface area contributed by atoms with E-state index in [1.807, 2.05) is 0 Å². The number of hydrogen-bond acceptors (Lipinski definition) is 1. The molecule has 0 aliphatic heterocycles. The lowest BCUT2D eigenvalue weighted by Crippen LogP contribution is -2.08. The van der Waals surface area contributed by atoms with E-state index in [4.69, 9.17) is 4.74 Å². The van der Waals surface area contributed by atoms with Crippen LogP contribution >= 0.6 is 0 Å². The maximum Gasteiger partial charge on any atom is 0.416 e. The fraction of sp³-hybridized carbons (Fsp3) is 0.455. The SMILES string of the molecule is FC(F)(F)c1ccc(COCc2ccc(C(F)(F)F)cc2C2CC2)c(C2CC2)c1. The van der Waals surface area contributed by atoms with Gasteiger partial charge in [-0.05, 0) is 84.0 Å². The molecule has 2 saturated carbocycles. The fourth-order valence-corrected chi connectivity index (χ4v) is 3.63. The molecule has 29 heavy (non-hydrogen) atoms. The first kappa shape index (κ1) is 20.3. The minimum Gasteiger partial charge on any atom is -0.372 e. The van der Waals surface area contributed by atoms with E-state index in [1.165, 1.54) is 24.3 Å². The van der Waals surface area contributed by atoms with E-state index in [2.05, 4.69) is 0 Å². The van der Waals surface area contributed by atoms with Crippen molar-refractivity contribution in [3.63, 3.8) is 0 Å². The van der Waals surface area contributed by atoms with Crippen LogP contribution in [-0.4, -0.2) is 0 Å². The van der Waals surface area contributed by atoms with Crippen molar-refractivity contribution >= 4 is 0 Å². The molecule has 0 bridgehead atoms. The molecule has 1 nitrogen and oxygen atoms in total. The number of alkyl halides is 6. The zero-order chi connectivity index (χ0) is 20.8. The lowest BCUT2D eigenvalue weighted by molar-refractivity contribution is -0.138. The van der Waals surface area contributed by atoms with E-state index in [0.717, 1.165) is 37.8 Å². The van der Waals surface area contributed by atoms with Crippen molar-refractivity contribution in [1.29, 1.82) is 0 Å². The number of hydrogen-bond donors (Lipinski definition) is 0. The fourth-order valence-electron chi connectivity index (χ4n) is 3.63. The van der Waals surface area contributed by atoms with Crippen molar-refractivity contribution in [3.8, 4) is 0 Å². The summed E-state index contributed by atoms with van der Waals surface area (Å²) >= 11 is 0. The normalized spacial score (nSPS) is 17.6. The van der Waals surface area contributed by atoms with Gasteiger partial charge in [0, 0.05) is 0 Å². The van der Waals surface area contributed by atoms with E-state index < -0.39 is 23.5 Å². The van der Waals surface area contributed by atoms with Crippen molar-refractivity contribution in [2.75, 3.05) is 0 Å². The molecule has 0 heterocycles. The second kappa shape index (κ2) is 7.35. The van der Waals surface area contributed by atoms with Gasteiger partial charge in [0.25, 0.3) is 0 Å². The van der Waals surface area contributed by atoms with E-state index in [9.17, 15) is 26.3 Å². The topological polar surface area (TPSA) is 9.23 Å². The van der Waals surface area contributed by atoms with Crippen molar-refractivity contribution in [1.82, 2.24) is 0 Å². The molecule has 2 aromatic rings. The zero-order valence-electron chi connectivity index (χ0n) is 15.5. The Kier molecular flexibility index (Phi) is 5.13. The molecule has 2 fully saturated rings. The minimum atomic E-state index is -4.39. The van der Waals surface area contributed by atoms with Crippen LogP contribution in [0.3, 0.4) is 0 Å². The number of ether oxygens (including phenoxy) is 1. The van der Waals surface area contributed by atoms with Gasteiger partial charge >= 0.3 is 12.4 Å². The molecule has 2 aliphatic rings. The standard InChI is InChI=1S/C22H20F6O/c23-21(24,25)17-7-5-15(19(9-17)13-1-2-13)11-29-12-16-6-8-18(22(26,27)28)10-20(16)14-3-4-14/h5-10,13-14H,1-4,11-12H2. The predicted molar refractivity (Wildman–Crippen MR) is 95.3 cm³/mol. The van der Waals surface area contributed by atoms with Gasteiger partial charge in [-0.3, -0.25) is 0 Å². The van der Waals surface area contributed by atoms with Gasteiger partial charge in [-0.25, -0.2) is 0 Å². The molecule has 0 amide bonds. The average Bonchev–Trinajstić information content (AvgIpc) is 3.54. The maximum absolute atomic E-state index is 13.0. The number of benzene rings is 2. The highest BCUT2D eigenvalue weighted by Crippen LogP contribution is 2.45. The van der Waals surface area contributed by atoms with Crippen LogP contribution in [0.25, 0.3) is 0 Å². The van der Waals surface area contributed by atoms with E-state index in [1.54, 1.807) is 0 Å². The Bertz CT molecular complexity index is 818. The van der Waals surface area contributed by atoms with Crippen molar-refractivity contribution < 1.29 is 31.1 Å². The Hall–Kier alpha value is -2.02. The van der Waals surface area contributed by atoms with Crippen molar-refractivity contribution in [2.45, 2.75) is 63.1 Å². The Labute approximate surface area is 164 Å². The molecule has 0 saturated heterocycles. The molecule has 2 aromatic carbocycles. The molecular formula is C22H20F6O. The molecule has 156 valence electrons. The summed E-state index contributed by atoms with van der Waals surface area (Å²) in [6.45, 7) is 0.268. The van der Waals surface area contributed by atoms with Crippen LogP contribution < -0.4 is 0 Å². The Balaban J connectivity index is 1.48. The Morgan fingerprint density at radius 2 is 1.03 bits per heavy atom. The summed E-state index contributed by atoms with van der Waals surface area (Å²) in [4.78, 5) is 0. The summed E-state index contributed by atoms with van der Waals surface area (Å²) in [5.41, 5.74) is 1.41. The molecular weight excluding hydrogens is 394 g/mol. The third-order valence-corrected chi connectivity index (χ3v) is 5.50. The second-order valence-electron chi connectivity index (χ2n) is 7.86. The van der Waals surface area contributed by atoms with Gasteiger partial charge < -0.3 is 4.74 Å². The molecule has 0 aromatic heterocycles. The molecule has 2 aliphatic carbocycles. The molecule has 0 radical (unpaired) electrons. The minimum absolute atomic E-state index is 0.129. The average molecular weight is 414 g/mol. The van der Waals surface area contributed by atoms with Crippen molar-refractivity contribution in [3.05, 3.63) is 69.8 Å².